The van der Waals surface area contributed by atoms with Crippen LogP contribution in [0.5, 0.6) is 0 Å². The van der Waals surface area contributed by atoms with Crippen molar-refractivity contribution in [2.24, 2.45) is 10.8 Å². The summed E-state index contributed by atoms with van der Waals surface area (Å²) in [5.41, 5.74) is 4.14. The zero-order valence-corrected chi connectivity index (χ0v) is 12.5. The molecular formula is C16H19N5. The van der Waals surface area contributed by atoms with Gasteiger partial charge in [0, 0.05) is 30.6 Å². The number of rotatable bonds is 2. The molecule has 0 fully saturated rings. The second kappa shape index (κ2) is 4.86. The molecule has 1 aliphatic rings. The summed E-state index contributed by atoms with van der Waals surface area (Å²) in [6.45, 7) is 6.05. The van der Waals surface area contributed by atoms with Gasteiger partial charge in [0.2, 0.25) is 5.79 Å². The van der Waals surface area contributed by atoms with Crippen molar-refractivity contribution in [1.82, 2.24) is 14.6 Å². The minimum Gasteiger partial charge on any atom is -0.294 e. The minimum absolute atomic E-state index is 0.717. The number of nitrogens with two attached hydrogens (primary N) is 1. The molecule has 0 amide bonds. The van der Waals surface area contributed by atoms with Crippen molar-refractivity contribution in [2.45, 2.75) is 26.6 Å². The maximum Gasteiger partial charge on any atom is 0.225 e. The van der Waals surface area contributed by atoms with Crippen LogP contribution in [-0.4, -0.2) is 20.3 Å². The number of hydrazine groups is 1. The molecule has 5 heteroatoms. The highest BCUT2D eigenvalue weighted by Crippen LogP contribution is 2.32. The average molecular weight is 281 g/mol. The Balaban J connectivity index is 2.18. The summed E-state index contributed by atoms with van der Waals surface area (Å²) in [6, 6.07) is 10.2. The highest BCUT2D eigenvalue weighted by atomic mass is 15.6. The van der Waals surface area contributed by atoms with Gasteiger partial charge in [-0.25, -0.2) is 15.8 Å². The van der Waals surface area contributed by atoms with Gasteiger partial charge >= 0.3 is 0 Å². The Morgan fingerprint density at radius 1 is 1.14 bits per heavy atom. The number of allylic oxidation sites excluding steroid dienone is 2. The monoisotopic (exact) mass is 281 g/mol. The van der Waals surface area contributed by atoms with Crippen LogP contribution in [0.25, 0.3) is 0 Å². The molecule has 1 aromatic carbocycles. The van der Waals surface area contributed by atoms with Gasteiger partial charge in [-0.1, -0.05) is 30.3 Å². The summed E-state index contributed by atoms with van der Waals surface area (Å²) in [7, 11) is 0. The molecule has 1 aromatic heterocycles. The summed E-state index contributed by atoms with van der Waals surface area (Å²) in [4.78, 5) is 9.04. The van der Waals surface area contributed by atoms with Crippen LogP contribution in [0.2, 0.25) is 0 Å². The fraction of sp³-hybridized carbons (Fsp3) is 0.250. The summed E-state index contributed by atoms with van der Waals surface area (Å²) < 4.78 is 1.91. The molecule has 0 saturated heterocycles. The number of aromatic nitrogens is 2. The largest absolute Gasteiger partial charge is 0.294 e. The lowest BCUT2D eigenvalue weighted by Crippen LogP contribution is -2.52. The van der Waals surface area contributed by atoms with E-state index >= 15 is 0 Å². The molecule has 1 atom stereocenters. The molecule has 3 rings (SSSR count). The van der Waals surface area contributed by atoms with Gasteiger partial charge in [0.05, 0.1) is 12.0 Å². The third-order valence-electron chi connectivity index (χ3n) is 4.08. The predicted molar refractivity (Wildman–Crippen MR) is 83.3 cm³/mol. The maximum atomic E-state index is 6.30. The topological polar surface area (TPSA) is 59.4 Å². The number of imidazole rings is 1. The summed E-state index contributed by atoms with van der Waals surface area (Å²) in [5.74, 6) is 5.58. The summed E-state index contributed by atoms with van der Waals surface area (Å²) in [6.07, 6.45) is 5.34. The van der Waals surface area contributed by atoms with Gasteiger partial charge in [-0.05, 0) is 19.4 Å². The van der Waals surface area contributed by atoms with Crippen molar-refractivity contribution in [3.05, 3.63) is 65.9 Å². The molecule has 2 aromatic rings. The van der Waals surface area contributed by atoms with Crippen molar-refractivity contribution in [1.29, 1.82) is 0 Å². The molecule has 0 bridgehead atoms. The van der Waals surface area contributed by atoms with Crippen LogP contribution in [0.15, 0.2) is 65.3 Å². The Kier molecular flexibility index (Phi) is 3.14. The Morgan fingerprint density at radius 3 is 2.48 bits per heavy atom. The fourth-order valence-electron chi connectivity index (χ4n) is 2.59. The van der Waals surface area contributed by atoms with Gasteiger partial charge in [0.1, 0.15) is 0 Å². The Bertz CT molecular complexity index is 700. The Hall–Kier alpha value is -2.40. The van der Waals surface area contributed by atoms with Gasteiger partial charge in [-0.15, -0.1) is 0 Å². The first-order valence-corrected chi connectivity index (χ1v) is 6.90. The van der Waals surface area contributed by atoms with Crippen molar-refractivity contribution in [3.8, 4) is 0 Å². The highest BCUT2D eigenvalue weighted by Gasteiger charge is 2.36. The second-order valence-electron chi connectivity index (χ2n) is 5.35. The highest BCUT2D eigenvalue weighted by molar-refractivity contribution is 6.13. The molecule has 2 N–H and O–H groups in total. The molecule has 0 radical (unpaired) electrons. The normalized spacial score (nSPS) is 22.5. The van der Waals surface area contributed by atoms with Crippen molar-refractivity contribution in [2.75, 3.05) is 0 Å². The molecular weight excluding hydrogens is 262 g/mol. The lowest BCUT2D eigenvalue weighted by atomic mass is 9.99. The average Bonchev–Trinajstić information content (AvgIpc) is 3.05. The van der Waals surface area contributed by atoms with E-state index in [0.717, 1.165) is 22.5 Å². The minimum atomic E-state index is -0.717. The maximum absolute atomic E-state index is 6.30. The van der Waals surface area contributed by atoms with Crippen LogP contribution in [0, 0.1) is 0 Å². The van der Waals surface area contributed by atoms with E-state index in [4.69, 9.17) is 10.8 Å². The molecule has 108 valence electrons. The number of hydrogen-bond donors (Lipinski definition) is 1. The van der Waals surface area contributed by atoms with Crippen LogP contribution in [0.1, 0.15) is 26.3 Å². The van der Waals surface area contributed by atoms with Crippen LogP contribution in [0.3, 0.4) is 0 Å². The molecule has 21 heavy (non-hydrogen) atoms. The van der Waals surface area contributed by atoms with Gasteiger partial charge in [-0.2, -0.15) is 0 Å². The van der Waals surface area contributed by atoms with E-state index in [-0.39, 0.29) is 0 Å². The van der Waals surface area contributed by atoms with E-state index in [1.165, 1.54) is 0 Å². The first-order chi connectivity index (χ1) is 10.0. The molecule has 1 unspecified atom stereocenters. The van der Waals surface area contributed by atoms with E-state index < -0.39 is 5.79 Å². The third kappa shape index (κ3) is 2.06. The summed E-state index contributed by atoms with van der Waals surface area (Å²) in [5, 5.41) is 1.69. The lowest BCUT2D eigenvalue weighted by Gasteiger charge is -2.42. The first-order valence-electron chi connectivity index (χ1n) is 6.90. The van der Waals surface area contributed by atoms with Gasteiger partial charge in [0.15, 0.2) is 0 Å². The molecule has 0 aliphatic carbocycles. The van der Waals surface area contributed by atoms with Crippen molar-refractivity contribution >= 4 is 5.71 Å². The quantitative estimate of drug-likeness (QED) is 0.860. The van der Waals surface area contributed by atoms with Crippen molar-refractivity contribution in [3.63, 3.8) is 0 Å². The zero-order valence-electron chi connectivity index (χ0n) is 12.5. The van der Waals surface area contributed by atoms with Crippen LogP contribution in [-0.2, 0) is 5.79 Å². The predicted octanol–water partition coefficient (Wildman–Crippen LogP) is 2.49. The number of aliphatic imine (C=N–C) groups is 1. The Morgan fingerprint density at radius 2 is 1.86 bits per heavy atom. The van der Waals surface area contributed by atoms with Crippen LogP contribution in [0.4, 0.5) is 0 Å². The summed E-state index contributed by atoms with van der Waals surface area (Å²) >= 11 is 0. The Labute approximate surface area is 124 Å². The molecule has 1 aliphatic heterocycles. The van der Waals surface area contributed by atoms with E-state index in [2.05, 4.69) is 24.0 Å². The molecule has 0 spiro atoms. The first kappa shape index (κ1) is 13.6. The molecule has 2 heterocycles. The number of hydrogen-bond acceptors (Lipinski definition) is 4. The van der Waals surface area contributed by atoms with E-state index in [9.17, 15) is 0 Å². The van der Waals surface area contributed by atoms with E-state index in [0.29, 0.717) is 0 Å². The molecule has 5 nitrogen and oxygen atoms in total. The second-order valence-corrected chi connectivity index (χ2v) is 5.35. The smallest absolute Gasteiger partial charge is 0.225 e. The standard InChI is InChI=1S/C16H19N5/c1-12-13(2)21(17)16(3,20-10-9-18-11-20)19-15(12)14-7-5-4-6-8-14/h4-11H,17H2,1-3H3. The van der Waals surface area contributed by atoms with Gasteiger partial charge in [0.25, 0.3) is 0 Å². The van der Waals surface area contributed by atoms with Crippen LogP contribution >= 0.6 is 0 Å². The lowest BCUT2D eigenvalue weighted by molar-refractivity contribution is 0.0739. The van der Waals surface area contributed by atoms with Gasteiger partial charge < -0.3 is 0 Å². The fourth-order valence-corrected chi connectivity index (χ4v) is 2.59. The van der Waals surface area contributed by atoms with Gasteiger partial charge in [-0.3, -0.25) is 9.58 Å². The zero-order chi connectivity index (χ0) is 15.0. The SMILES string of the molecule is CC1=C(C)N(N)C(C)(n2ccnc2)N=C1c1ccccc1. The van der Waals surface area contributed by atoms with Crippen LogP contribution < -0.4 is 5.84 Å². The molecule has 0 saturated carbocycles. The van der Waals surface area contributed by atoms with Crippen molar-refractivity contribution < 1.29 is 0 Å². The van der Waals surface area contributed by atoms with E-state index in [1.54, 1.807) is 17.5 Å². The number of benzene rings is 1. The number of nitrogens with zero attached hydrogens (tertiary/aromatic N) is 4. The van der Waals surface area contributed by atoms with E-state index in [1.807, 2.05) is 42.8 Å². The third-order valence-corrected chi connectivity index (χ3v) is 4.08.